The Kier molecular flexibility index (Phi) is 6.40. The van der Waals surface area contributed by atoms with Gasteiger partial charge in [0.2, 0.25) is 0 Å². The summed E-state index contributed by atoms with van der Waals surface area (Å²) < 4.78 is 5.23. The zero-order chi connectivity index (χ0) is 16.0. The van der Waals surface area contributed by atoms with Crippen LogP contribution < -0.4 is 0 Å². The number of carbonyl (C=O) groups excluding carboxylic acids is 1. The second kappa shape index (κ2) is 7.59. The maximum absolute atomic E-state index is 12.1. The van der Waals surface area contributed by atoms with Crippen molar-refractivity contribution < 1.29 is 19.4 Å². The van der Waals surface area contributed by atoms with Gasteiger partial charge in [0, 0.05) is 12.6 Å². The summed E-state index contributed by atoms with van der Waals surface area (Å²) in [5.74, 6) is -2.88. The number of allylic oxidation sites excluding steroid dienone is 1. The summed E-state index contributed by atoms with van der Waals surface area (Å²) in [5, 5.41) is 9.32. The Balaban J connectivity index is 2.63. The average Bonchev–Trinajstić information content (AvgIpc) is 3.14. The topological polar surface area (TPSA) is 66.8 Å². The molecule has 0 saturated heterocycles. The van der Waals surface area contributed by atoms with Crippen LogP contribution in [0.3, 0.4) is 0 Å². The van der Waals surface area contributed by atoms with E-state index in [9.17, 15) is 14.7 Å². The van der Waals surface area contributed by atoms with Gasteiger partial charge in [0.05, 0.1) is 0 Å². The highest BCUT2D eigenvalue weighted by Crippen LogP contribution is 2.28. The number of ether oxygens (including phenoxy) is 1. The Morgan fingerprint density at radius 2 is 2.05 bits per heavy atom. The monoisotopic (exact) mass is 297 g/mol. The first kappa shape index (κ1) is 17.7. The molecule has 5 nitrogen and oxygen atoms in total. The van der Waals surface area contributed by atoms with Crippen molar-refractivity contribution in [2.75, 3.05) is 13.1 Å². The Bertz CT molecular complexity index is 382. The zero-order valence-electron chi connectivity index (χ0n) is 13.3. The molecule has 0 spiro atoms. The van der Waals surface area contributed by atoms with E-state index in [0.29, 0.717) is 6.04 Å². The van der Waals surface area contributed by atoms with Crippen molar-refractivity contribution in [3.63, 3.8) is 0 Å². The quantitative estimate of drug-likeness (QED) is 0.306. The summed E-state index contributed by atoms with van der Waals surface area (Å²) in [7, 11) is 0. The van der Waals surface area contributed by atoms with E-state index in [1.807, 2.05) is 6.08 Å². The molecular weight excluding hydrogens is 270 g/mol. The first-order valence-electron chi connectivity index (χ1n) is 7.55. The van der Waals surface area contributed by atoms with Gasteiger partial charge in [-0.05, 0) is 53.0 Å². The van der Waals surface area contributed by atoms with Crippen LogP contribution in [0.25, 0.3) is 0 Å². The SMILES string of the molecule is C=CCCCN(C[C@@H](C(=O)O)C(=O)OC(C)(C)C)C1CC1. The predicted molar refractivity (Wildman–Crippen MR) is 81.0 cm³/mol. The van der Waals surface area contributed by atoms with E-state index in [-0.39, 0.29) is 6.54 Å². The smallest absolute Gasteiger partial charge is 0.322 e. The van der Waals surface area contributed by atoms with Gasteiger partial charge in [0.15, 0.2) is 5.92 Å². The fraction of sp³-hybridized carbons (Fsp3) is 0.750. The molecule has 1 fully saturated rings. The molecule has 21 heavy (non-hydrogen) atoms. The van der Waals surface area contributed by atoms with Gasteiger partial charge in [0.25, 0.3) is 0 Å². The van der Waals surface area contributed by atoms with E-state index in [1.165, 1.54) is 0 Å². The van der Waals surface area contributed by atoms with Crippen molar-refractivity contribution >= 4 is 11.9 Å². The Morgan fingerprint density at radius 1 is 1.43 bits per heavy atom. The molecule has 1 N–H and O–H groups in total. The lowest BCUT2D eigenvalue weighted by Crippen LogP contribution is -2.42. The highest BCUT2D eigenvalue weighted by molar-refractivity contribution is 5.94. The summed E-state index contributed by atoms with van der Waals surface area (Å²) in [6, 6.07) is 0.416. The van der Waals surface area contributed by atoms with E-state index in [2.05, 4.69) is 11.5 Å². The maximum atomic E-state index is 12.1. The van der Waals surface area contributed by atoms with E-state index in [4.69, 9.17) is 4.74 Å². The third-order valence-electron chi connectivity index (χ3n) is 3.32. The van der Waals surface area contributed by atoms with Crippen LogP contribution in [0.15, 0.2) is 12.7 Å². The van der Waals surface area contributed by atoms with Gasteiger partial charge in [-0.25, -0.2) is 0 Å². The summed E-state index contributed by atoms with van der Waals surface area (Å²) >= 11 is 0. The van der Waals surface area contributed by atoms with Gasteiger partial charge in [-0.15, -0.1) is 6.58 Å². The standard InChI is InChI=1S/C16H27NO4/c1-5-6-7-10-17(12-8-9-12)11-13(14(18)19)15(20)21-16(2,3)4/h5,12-13H,1,6-11H2,2-4H3,(H,18,19)/t13-/m0/s1. The van der Waals surface area contributed by atoms with E-state index in [1.54, 1.807) is 20.8 Å². The number of hydrogen-bond donors (Lipinski definition) is 1. The van der Waals surface area contributed by atoms with Gasteiger partial charge in [-0.2, -0.15) is 0 Å². The first-order chi connectivity index (χ1) is 9.74. The van der Waals surface area contributed by atoms with Crippen LogP contribution >= 0.6 is 0 Å². The number of hydrogen-bond acceptors (Lipinski definition) is 4. The number of nitrogens with zero attached hydrogens (tertiary/aromatic N) is 1. The minimum absolute atomic E-state index is 0.228. The predicted octanol–water partition coefficient (Wildman–Crippen LogP) is 2.46. The summed E-state index contributed by atoms with van der Waals surface area (Å²) in [4.78, 5) is 25.6. The van der Waals surface area contributed by atoms with Crippen LogP contribution in [0.2, 0.25) is 0 Å². The Morgan fingerprint density at radius 3 is 2.48 bits per heavy atom. The molecule has 0 aromatic carbocycles. The lowest BCUT2D eigenvalue weighted by molar-refractivity contribution is -0.167. The maximum Gasteiger partial charge on any atom is 0.322 e. The van der Waals surface area contributed by atoms with Gasteiger partial charge in [-0.1, -0.05) is 6.08 Å². The molecule has 1 atom stereocenters. The molecule has 0 radical (unpaired) electrons. The van der Waals surface area contributed by atoms with Crippen LogP contribution in [0.5, 0.6) is 0 Å². The van der Waals surface area contributed by atoms with Crippen molar-refractivity contribution in [1.29, 1.82) is 0 Å². The second-order valence-corrected chi connectivity index (χ2v) is 6.58. The minimum atomic E-state index is -1.12. The third-order valence-corrected chi connectivity index (χ3v) is 3.32. The van der Waals surface area contributed by atoms with Crippen molar-refractivity contribution in [1.82, 2.24) is 4.90 Å². The fourth-order valence-corrected chi connectivity index (χ4v) is 2.16. The molecule has 1 aliphatic carbocycles. The highest BCUT2D eigenvalue weighted by atomic mass is 16.6. The van der Waals surface area contributed by atoms with Crippen LogP contribution in [0, 0.1) is 5.92 Å². The van der Waals surface area contributed by atoms with Crippen molar-refractivity contribution in [3.05, 3.63) is 12.7 Å². The number of aliphatic carboxylic acids is 1. The molecule has 120 valence electrons. The highest BCUT2D eigenvalue weighted by Gasteiger charge is 2.37. The Hall–Kier alpha value is -1.36. The van der Waals surface area contributed by atoms with Crippen LogP contribution in [0.4, 0.5) is 0 Å². The molecule has 0 unspecified atom stereocenters. The van der Waals surface area contributed by atoms with Crippen molar-refractivity contribution in [3.8, 4) is 0 Å². The van der Waals surface area contributed by atoms with Gasteiger partial charge >= 0.3 is 11.9 Å². The molecule has 0 amide bonds. The van der Waals surface area contributed by atoms with Gasteiger partial charge in [0.1, 0.15) is 5.60 Å². The largest absolute Gasteiger partial charge is 0.481 e. The van der Waals surface area contributed by atoms with Crippen LogP contribution in [-0.4, -0.2) is 46.7 Å². The Labute approximate surface area is 127 Å². The van der Waals surface area contributed by atoms with E-state index >= 15 is 0 Å². The zero-order valence-corrected chi connectivity index (χ0v) is 13.3. The summed E-state index contributed by atoms with van der Waals surface area (Å²) in [6.07, 6.45) is 5.84. The first-order valence-corrected chi connectivity index (χ1v) is 7.55. The lowest BCUT2D eigenvalue weighted by Gasteiger charge is -2.27. The van der Waals surface area contributed by atoms with Crippen molar-refractivity contribution in [2.24, 2.45) is 5.92 Å². The van der Waals surface area contributed by atoms with E-state index in [0.717, 1.165) is 32.2 Å². The number of carboxylic acid groups (broad SMARTS) is 1. The normalized spacial score (nSPS) is 16.6. The van der Waals surface area contributed by atoms with Gasteiger partial charge in [-0.3, -0.25) is 14.5 Å². The molecular formula is C16H27NO4. The molecule has 1 aliphatic rings. The molecule has 5 heteroatoms. The van der Waals surface area contributed by atoms with E-state index < -0.39 is 23.5 Å². The molecule has 0 aliphatic heterocycles. The lowest BCUT2D eigenvalue weighted by atomic mass is 10.1. The molecule has 1 saturated carbocycles. The number of rotatable bonds is 9. The number of carboxylic acids is 1. The molecule has 0 heterocycles. The summed E-state index contributed by atoms with van der Waals surface area (Å²) in [5.41, 5.74) is -0.669. The number of unbranched alkanes of at least 4 members (excludes halogenated alkanes) is 1. The molecule has 0 aromatic rings. The minimum Gasteiger partial charge on any atom is -0.481 e. The molecule has 1 rings (SSSR count). The van der Waals surface area contributed by atoms with Gasteiger partial charge < -0.3 is 9.84 Å². The number of carbonyl (C=O) groups is 2. The third kappa shape index (κ3) is 6.76. The molecule has 0 aromatic heterocycles. The molecule has 0 bridgehead atoms. The number of esters is 1. The van der Waals surface area contributed by atoms with Crippen LogP contribution in [0.1, 0.15) is 46.5 Å². The fourth-order valence-electron chi connectivity index (χ4n) is 2.16. The average molecular weight is 297 g/mol. The summed E-state index contributed by atoms with van der Waals surface area (Å²) in [6.45, 7) is 9.94. The second-order valence-electron chi connectivity index (χ2n) is 6.58. The van der Waals surface area contributed by atoms with Crippen molar-refractivity contribution in [2.45, 2.75) is 58.1 Å². The van der Waals surface area contributed by atoms with Crippen LogP contribution in [-0.2, 0) is 14.3 Å².